The number of quaternary nitrogens is 1. The van der Waals surface area contributed by atoms with Crippen molar-refractivity contribution in [1.82, 2.24) is 0 Å². The van der Waals surface area contributed by atoms with Crippen molar-refractivity contribution in [2.24, 2.45) is 0 Å². The fourth-order valence-corrected chi connectivity index (χ4v) is 5.16. The highest BCUT2D eigenvalue weighted by Crippen LogP contribution is 2.49. The molecular weight excluding hydrogens is 388 g/mol. The predicted octanol–water partition coefficient (Wildman–Crippen LogP) is 4.52. The van der Waals surface area contributed by atoms with E-state index in [0.717, 1.165) is 67.6 Å². The summed E-state index contributed by atoms with van der Waals surface area (Å²) in [5, 5.41) is 3.23. The van der Waals surface area contributed by atoms with Crippen LogP contribution >= 0.6 is 0 Å². The summed E-state index contributed by atoms with van der Waals surface area (Å²) in [7, 11) is 0. The second kappa shape index (κ2) is 8.83. The first-order valence-electron chi connectivity index (χ1n) is 11.4. The van der Waals surface area contributed by atoms with Gasteiger partial charge in [0.15, 0.2) is 12.1 Å². The number of piperidine rings is 1. The third kappa shape index (κ3) is 4.38. The smallest absolute Gasteiger partial charge is 0.362 e. The molecule has 0 radical (unpaired) electrons. The first-order valence-corrected chi connectivity index (χ1v) is 11.4. The van der Waals surface area contributed by atoms with Gasteiger partial charge in [-0.05, 0) is 49.8 Å². The van der Waals surface area contributed by atoms with Gasteiger partial charge in [-0.25, -0.2) is 4.79 Å². The molecule has 1 heterocycles. The number of carbonyl (C=O) groups is 2. The SMILES string of the molecule is Cc1cccc(C)c1NC(=O)C1([N+]2(CC(=O)OCc3ccccc3)CCCCC2)CC1. The zero-order valence-corrected chi connectivity index (χ0v) is 18.7. The Morgan fingerprint density at radius 2 is 1.58 bits per heavy atom. The van der Waals surface area contributed by atoms with E-state index in [1.54, 1.807) is 0 Å². The molecular formula is C26H33N2O3+. The van der Waals surface area contributed by atoms with Gasteiger partial charge in [-0.1, -0.05) is 48.5 Å². The monoisotopic (exact) mass is 421 g/mol. The fraction of sp³-hybridized carbons (Fsp3) is 0.462. The molecule has 1 aliphatic heterocycles. The van der Waals surface area contributed by atoms with Gasteiger partial charge in [0.2, 0.25) is 0 Å². The van der Waals surface area contributed by atoms with Gasteiger partial charge in [0.1, 0.15) is 6.61 Å². The lowest BCUT2D eigenvalue weighted by molar-refractivity contribution is -0.950. The number of hydrogen-bond acceptors (Lipinski definition) is 3. The molecule has 2 aromatic carbocycles. The van der Waals surface area contributed by atoms with Crippen molar-refractivity contribution in [3.05, 3.63) is 65.2 Å². The second-order valence-corrected chi connectivity index (χ2v) is 9.21. The highest BCUT2D eigenvalue weighted by Gasteiger charge is 2.66. The Labute approximate surface area is 185 Å². The van der Waals surface area contributed by atoms with Crippen LogP contribution in [0.4, 0.5) is 5.69 Å². The van der Waals surface area contributed by atoms with Crippen LogP contribution in [-0.4, -0.2) is 41.5 Å². The predicted molar refractivity (Wildman–Crippen MR) is 121 cm³/mol. The Bertz CT molecular complexity index is 924. The normalized spacial score (nSPS) is 18.8. The molecule has 2 aliphatic rings. The van der Waals surface area contributed by atoms with E-state index in [-0.39, 0.29) is 25.0 Å². The first-order chi connectivity index (χ1) is 15.0. The molecule has 2 aromatic rings. The number of ether oxygens (including phenoxy) is 1. The van der Waals surface area contributed by atoms with Crippen LogP contribution in [0.2, 0.25) is 0 Å². The minimum absolute atomic E-state index is 0.0580. The van der Waals surface area contributed by atoms with Crippen LogP contribution < -0.4 is 5.32 Å². The Balaban J connectivity index is 1.51. The number of nitrogens with one attached hydrogen (secondary N) is 1. The highest BCUT2D eigenvalue weighted by molar-refractivity contribution is 6.00. The summed E-state index contributed by atoms with van der Waals surface area (Å²) in [6.07, 6.45) is 4.91. The number of amides is 1. The molecule has 0 bridgehead atoms. The lowest BCUT2D eigenvalue weighted by atomic mass is 9.99. The van der Waals surface area contributed by atoms with Gasteiger partial charge < -0.3 is 14.5 Å². The van der Waals surface area contributed by atoms with Crippen molar-refractivity contribution in [2.45, 2.75) is 58.1 Å². The summed E-state index contributed by atoms with van der Waals surface area (Å²) in [5.74, 6) is -0.153. The van der Waals surface area contributed by atoms with Gasteiger partial charge in [0.05, 0.1) is 13.1 Å². The topological polar surface area (TPSA) is 55.4 Å². The Kier molecular flexibility index (Phi) is 6.15. The molecule has 0 unspecified atom stereocenters. The largest absolute Gasteiger partial charge is 0.457 e. The molecule has 0 aromatic heterocycles. The molecule has 1 saturated carbocycles. The van der Waals surface area contributed by atoms with E-state index in [0.29, 0.717) is 4.48 Å². The minimum atomic E-state index is -0.513. The van der Waals surface area contributed by atoms with Gasteiger partial charge in [-0.2, -0.15) is 0 Å². The fourth-order valence-electron chi connectivity index (χ4n) is 5.16. The molecule has 1 N–H and O–H groups in total. The van der Waals surface area contributed by atoms with E-state index in [2.05, 4.69) is 5.32 Å². The summed E-state index contributed by atoms with van der Waals surface area (Å²) in [5.41, 5.74) is 3.50. The van der Waals surface area contributed by atoms with Gasteiger partial charge >= 0.3 is 5.97 Å². The number of carbonyl (C=O) groups excluding carboxylic acids is 2. The van der Waals surface area contributed by atoms with Crippen molar-refractivity contribution < 1.29 is 18.8 Å². The molecule has 0 atom stereocenters. The zero-order valence-electron chi connectivity index (χ0n) is 18.7. The van der Waals surface area contributed by atoms with E-state index in [9.17, 15) is 9.59 Å². The Morgan fingerprint density at radius 1 is 0.935 bits per heavy atom. The molecule has 2 fully saturated rings. The van der Waals surface area contributed by atoms with Gasteiger partial charge in [-0.3, -0.25) is 4.79 Å². The molecule has 1 amide bonds. The summed E-state index contributed by atoms with van der Waals surface area (Å²) in [6, 6.07) is 15.8. The number of benzene rings is 2. The van der Waals surface area contributed by atoms with Gasteiger partial charge in [0.25, 0.3) is 5.91 Å². The summed E-state index contributed by atoms with van der Waals surface area (Å²) >= 11 is 0. The van der Waals surface area contributed by atoms with Crippen LogP contribution in [0.15, 0.2) is 48.5 Å². The maximum Gasteiger partial charge on any atom is 0.362 e. The lowest BCUT2D eigenvalue weighted by Crippen LogP contribution is -2.66. The maximum atomic E-state index is 13.6. The van der Waals surface area contributed by atoms with E-state index < -0.39 is 5.54 Å². The van der Waals surface area contributed by atoms with E-state index in [1.807, 2.05) is 62.4 Å². The number of aryl methyl sites for hydroxylation is 2. The van der Waals surface area contributed by atoms with Gasteiger partial charge in [-0.15, -0.1) is 0 Å². The van der Waals surface area contributed by atoms with Crippen LogP contribution in [0, 0.1) is 13.8 Å². The third-order valence-corrected chi connectivity index (χ3v) is 7.12. The van der Waals surface area contributed by atoms with E-state index >= 15 is 0 Å². The molecule has 4 rings (SSSR count). The van der Waals surface area contributed by atoms with Crippen molar-refractivity contribution in [2.75, 3.05) is 25.0 Å². The summed E-state index contributed by atoms with van der Waals surface area (Å²) in [6.45, 7) is 6.32. The molecule has 1 saturated heterocycles. The molecule has 1 aliphatic carbocycles. The zero-order chi connectivity index (χ0) is 21.9. The molecule has 31 heavy (non-hydrogen) atoms. The number of rotatable bonds is 7. The average molecular weight is 422 g/mol. The second-order valence-electron chi connectivity index (χ2n) is 9.21. The minimum Gasteiger partial charge on any atom is -0.457 e. The maximum absolute atomic E-state index is 13.6. The van der Waals surface area contributed by atoms with Crippen LogP contribution in [0.3, 0.4) is 0 Å². The number of esters is 1. The van der Waals surface area contributed by atoms with Crippen LogP contribution in [0.1, 0.15) is 48.8 Å². The molecule has 0 spiro atoms. The van der Waals surface area contributed by atoms with E-state index in [4.69, 9.17) is 4.74 Å². The first kappa shape index (κ1) is 21.6. The van der Waals surface area contributed by atoms with Crippen LogP contribution in [0.5, 0.6) is 0 Å². The van der Waals surface area contributed by atoms with E-state index in [1.165, 1.54) is 0 Å². The number of para-hydroxylation sites is 1. The Morgan fingerprint density at radius 3 is 2.19 bits per heavy atom. The lowest BCUT2D eigenvalue weighted by Gasteiger charge is -2.46. The number of anilines is 1. The molecule has 164 valence electrons. The number of nitrogens with zero attached hydrogens (tertiary/aromatic N) is 1. The Hall–Kier alpha value is -2.66. The number of hydrogen-bond donors (Lipinski definition) is 1. The van der Waals surface area contributed by atoms with Crippen molar-refractivity contribution >= 4 is 17.6 Å². The summed E-state index contributed by atoms with van der Waals surface area (Å²) in [4.78, 5) is 26.5. The van der Waals surface area contributed by atoms with Crippen LogP contribution in [-0.2, 0) is 20.9 Å². The highest BCUT2D eigenvalue weighted by atomic mass is 16.5. The third-order valence-electron chi connectivity index (χ3n) is 7.12. The molecule has 5 nitrogen and oxygen atoms in total. The molecule has 5 heteroatoms. The standard InChI is InChI=1S/C26H32N2O3/c1-20-10-9-11-21(2)24(20)27-25(30)26(14-15-26)28(16-7-4-8-17-28)18-23(29)31-19-22-12-5-3-6-13-22/h3,5-6,9-13H,4,7-8,14-19H2,1-2H3/p+1. The van der Waals surface area contributed by atoms with Crippen LogP contribution in [0.25, 0.3) is 0 Å². The number of likely N-dealkylation sites (tertiary alicyclic amines) is 1. The van der Waals surface area contributed by atoms with Crippen molar-refractivity contribution in [3.8, 4) is 0 Å². The van der Waals surface area contributed by atoms with Gasteiger partial charge in [0, 0.05) is 18.5 Å². The quantitative estimate of drug-likeness (QED) is 0.528. The average Bonchev–Trinajstić information content (AvgIpc) is 3.59. The van der Waals surface area contributed by atoms with Crippen molar-refractivity contribution in [1.29, 1.82) is 0 Å². The van der Waals surface area contributed by atoms with Crippen molar-refractivity contribution in [3.63, 3.8) is 0 Å². The summed E-state index contributed by atoms with van der Waals surface area (Å²) < 4.78 is 6.17.